The van der Waals surface area contributed by atoms with E-state index < -0.39 is 5.60 Å². The molecule has 10 nitrogen and oxygen atoms in total. The zero-order chi connectivity index (χ0) is 29.9. The van der Waals surface area contributed by atoms with Crippen molar-refractivity contribution in [1.82, 2.24) is 20.1 Å². The highest BCUT2D eigenvalue weighted by Gasteiger charge is 2.27. The number of carbonyl (C=O) groups excluding carboxylic acids is 3. The lowest BCUT2D eigenvalue weighted by Gasteiger charge is -2.35. The lowest BCUT2D eigenvalue weighted by Crippen LogP contribution is -2.51. The van der Waals surface area contributed by atoms with Crippen LogP contribution in [-0.2, 0) is 14.3 Å². The summed E-state index contributed by atoms with van der Waals surface area (Å²) >= 11 is 7.61. The molecule has 2 aliphatic heterocycles. The molecule has 3 aromatic rings. The Morgan fingerprint density at radius 1 is 1.14 bits per heavy atom. The van der Waals surface area contributed by atoms with E-state index in [4.69, 9.17) is 16.3 Å². The Bertz CT molecular complexity index is 1590. The molecule has 5 rings (SSSR count). The molecular weight excluding hydrogens is 576 g/mol. The van der Waals surface area contributed by atoms with E-state index in [1.165, 1.54) is 11.8 Å². The van der Waals surface area contributed by atoms with Gasteiger partial charge < -0.3 is 20.3 Å². The van der Waals surface area contributed by atoms with Crippen LogP contribution in [0.2, 0.25) is 5.02 Å². The summed E-state index contributed by atoms with van der Waals surface area (Å²) in [4.78, 5) is 50.7. The van der Waals surface area contributed by atoms with Gasteiger partial charge in [-0.15, -0.1) is 0 Å². The smallest absolute Gasteiger partial charge is 0.410 e. The molecule has 42 heavy (non-hydrogen) atoms. The number of hydrogen-bond donors (Lipinski definition) is 2. The maximum Gasteiger partial charge on any atom is 0.410 e. The molecule has 1 aromatic heterocycles. The topological polar surface area (TPSA) is 116 Å². The number of piperazine rings is 1. The Kier molecular flexibility index (Phi) is 8.81. The number of thioether (sulfide) groups is 1. The van der Waals surface area contributed by atoms with Crippen molar-refractivity contribution < 1.29 is 19.1 Å². The summed E-state index contributed by atoms with van der Waals surface area (Å²) in [5.74, 6) is -0.446. The molecule has 3 heterocycles. The fourth-order valence-electron chi connectivity index (χ4n) is 4.42. The normalized spacial score (nSPS) is 18.0. The van der Waals surface area contributed by atoms with Gasteiger partial charge in [-0.05, 0) is 80.6 Å². The molecule has 2 fully saturated rings. The molecule has 0 bridgehead atoms. The largest absolute Gasteiger partial charge is 0.444 e. The molecule has 0 radical (unpaired) electrons. The minimum atomic E-state index is -0.548. The second-order valence-electron chi connectivity index (χ2n) is 10.9. The van der Waals surface area contributed by atoms with Gasteiger partial charge in [0.15, 0.2) is 5.17 Å². The number of nitrogens with zero attached hydrogens (tertiary/aromatic N) is 4. The number of carbonyl (C=O) groups is 3. The average Bonchev–Trinajstić information content (AvgIpc) is 3.28. The number of benzene rings is 2. The van der Waals surface area contributed by atoms with Crippen LogP contribution in [0.3, 0.4) is 0 Å². The maximum atomic E-state index is 12.8. The lowest BCUT2D eigenvalue weighted by atomic mass is 10.1. The molecule has 0 spiro atoms. The lowest BCUT2D eigenvalue weighted by molar-refractivity contribution is -0.117. The summed E-state index contributed by atoms with van der Waals surface area (Å²) in [5, 5.41) is 7.42. The van der Waals surface area contributed by atoms with Gasteiger partial charge in [-0.1, -0.05) is 23.7 Å². The SMILES string of the molecule is CC(C)(C)OC(=O)N1CCN(CC(=O)Nc2ccc(Cl)c(N=C3NC(=O)/C(=C/c4ccc5ncccc5c4)S3)c2)CC1. The van der Waals surface area contributed by atoms with Crippen LogP contribution in [0.1, 0.15) is 26.3 Å². The molecule has 0 unspecified atom stereocenters. The molecule has 2 aromatic carbocycles. The summed E-state index contributed by atoms with van der Waals surface area (Å²) < 4.78 is 5.43. The zero-order valence-electron chi connectivity index (χ0n) is 23.5. The van der Waals surface area contributed by atoms with Gasteiger partial charge in [-0.25, -0.2) is 9.79 Å². The second-order valence-corrected chi connectivity index (χ2v) is 12.3. The van der Waals surface area contributed by atoms with Crippen LogP contribution in [0.25, 0.3) is 17.0 Å². The first-order valence-electron chi connectivity index (χ1n) is 13.5. The summed E-state index contributed by atoms with van der Waals surface area (Å²) in [5.41, 5.74) is 2.16. The summed E-state index contributed by atoms with van der Waals surface area (Å²) in [6.07, 6.45) is 3.21. The molecule has 0 aliphatic carbocycles. The quantitative estimate of drug-likeness (QED) is 0.380. The van der Waals surface area contributed by atoms with Crippen molar-refractivity contribution in [3.63, 3.8) is 0 Å². The molecular formula is C30H31ClN6O4S. The van der Waals surface area contributed by atoms with Gasteiger partial charge >= 0.3 is 6.09 Å². The van der Waals surface area contributed by atoms with Crippen molar-refractivity contribution in [3.8, 4) is 0 Å². The highest BCUT2D eigenvalue weighted by atomic mass is 35.5. The summed E-state index contributed by atoms with van der Waals surface area (Å²) in [6, 6.07) is 14.7. The first-order chi connectivity index (χ1) is 20.0. The van der Waals surface area contributed by atoms with Gasteiger partial charge in [0.05, 0.1) is 27.7 Å². The highest BCUT2D eigenvalue weighted by molar-refractivity contribution is 8.18. The van der Waals surface area contributed by atoms with Gasteiger partial charge in [0, 0.05) is 43.4 Å². The number of aromatic nitrogens is 1. The Morgan fingerprint density at radius 2 is 1.93 bits per heavy atom. The summed E-state index contributed by atoms with van der Waals surface area (Å²) in [7, 11) is 0. The van der Waals surface area contributed by atoms with Crippen molar-refractivity contribution in [3.05, 3.63) is 70.2 Å². The minimum absolute atomic E-state index is 0.180. The number of pyridine rings is 1. The van der Waals surface area contributed by atoms with Crippen molar-refractivity contribution in [2.75, 3.05) is 38.0 Å². The van der Waals surface area contributed by atoms with Gasteiger partial charge in [0.25, 0.3) is 5.91 Å². The van der Waals surface area contributed by atoms with Crippen molar-refractivity contribution in [1.29, 1.82) is 0 Å². The number of anilines is 1. The number of hydrogen-bond acceptors (Lipinski definition) is 8. The number of aliphatic imine (C=N–C) groups is 1. The number of halogens is 1. The Hall–Kier alpha value is -3.93. The molecule has 218 valence electrons. The van der Waals surface area contributed by atoms with E-state index in [9.17, 15) is 14.4 Å². The third-order valence-electron chi connectivity index (χ3n) is 6.42. The number of amidine groups is 1. The number of fused-ring (bicyclic) bond motifs is 1. The van der Waals surface area contributed by atoms with Crippen LogP contribution < -0.4 is 10.6 Å². The Morgan fingerprint density at radius 3 is 2.69 bits per heavy atom. The molecule has 12 heteroatoms. The second kappa shape index (κ2) is 12.5. The average molecular weight is 607 g/mol. The van der Waals surface area contributed by atoms with E-state index in [1.54, 1.807) is 35.4 Å². The van der Waals surface area contributed by atoms with Gasteiger partial charge in [0.1, 0.15) is 5.60 Å². The van der Waals surface area contributed by atoms with Crippen molar-refractivity contribution in [2.45, 2.75) is 26.4 Å². The standard InChI is InChI=1S/C30H31ClN6O4S/c1-30(2,3)41-29(40)37-13-11-36(12-14-37)18-26(38)33-21-7-8-22(31)24(17-21)34-28-35-27(39)25(42-28)16-19-6-9-23-20(15-19)5-4-10-32-23/h4-10,15-17H,11-14,18H2,1-3H3,(H,33,38)(H,34,35,39)/b25-16-. The molecule has 2 saturated heterocycles. The molecule has 0 saturated carbocycles. The van der Waals surface area contributed by atoms with Crippen molar-refractivity contribution in [2.24, 2.45) is 4.99 Å². The van der Waals surface area contributed by atoms with E-state index in [0.717, 1.165) is 16.5 Å². The van der Waals surface area contributed by atoms with E-state index in [1.807, 2.05) is 56.0 Å². The molecule has 2 N–H and O–H groups in total. The fraction of sp³-hybridized carbons (Fsp3) is 0.300. The first kappa shape index (κ1) is 29.6. The van der Waals surface area contributed by atoms with Crippen LogP contribution >= 0.6 is 23.4 Å². The number of nitrogens with one attached hydrogen (secondary N) is 2. The maximum absolute atomic E-state index is 12.8. The zero-order valence-corrected chi connectivity index (χ0v) is 25.1. The van der Waals surface area contributed by atoms with E-state index in [0.29, 0.717) is 52.6 Å². The molecule has 2 aliphatic rings. The molecule has 3 amide bonds. The van der Waals surface area contributed by atoms with Gasteiger partial charge in [-0.3, -0.25) is 19.5 Å². The number of rotatable bonds is 5. The third-order valence-corrected chi connectivity index (χ3v) is 7.65. The fourth-order valence-corrected chi connectivity index (χ4v) is 5.41. The van der Waals surface area contributed by atoms with Crippen LogP contribution in [0, 0.1) is 0 Å². The third kappa shape index (κ3) is 7.67. The van der Waals surface area contributed by atoms with Gasteiger partial charge in [-0.2, -0.15) is 0 Å². The van der Waals surface area contributed by atoms with Crippen molar-refractivity contribution >= 4 is 74.8 Å². The molecule has 0 atom stereocenters. The van der Waals surface area contributed by atoms with Crippen LogP contribution in [0.4, 0.5) is 16.2 Å². The minimum Gasteiger partial charge on any atom is -0.444 e. The monoisotopic (exact) mass is 606 g/mol. The first-order valence-corrected chi connectivity index (χ1v) is 14.7. The van der Waals surface area contributed by atoms with Gasteiger partial charge in [0.2, 0.25) is 5.91 Å². The summed E-state index contributed by atoms with van der Waals surface area (Å²) in [6.45, 7) is 7.79. The van der Waals surface area contributed by atoms with E-state index in [-0.39, 0.29) is 24.5 Å². The number of ether oxygens (including phenoxy) is 1. The Balaban J connectivity index is 1.18. The van der Waals surface area contributed by atoms with Crippen LogP contribution in [0.15, 0.2) is 64.6 Å². The Labute approximate surface area is 253 Å². The predicted molar refractivity (Wildman–Crippen MR) is 167 cm³/mol. The van der Waals surface area contributed by atoms with E-state index in [2.05, 4.69) is 20.6 Å². The van der Waals surface area contributed by atoms with E-state index >= 15 is 0 Å². The van der Waals surface area contributed by atoms with Crippen LogP contribution in [-0.4, -0.2) is 76.2 Å². The number of amides is 3. The van der Waals surface area contributed by atoms with Crippen LogP contribution in [0.5, 0.6) is 0 Å². The highest BCUT2D eigenvalue weighted by Crippen LogP contribution is 2.33. The predicted octanol–water partition coefficient (Wildman–Crippen LogP) is 5.27.